The van der Waals surface area contributed by atoms with E-state index >= 15 is 0 Å². The number of hydrogen-bond donors (Lipinski definition) is 2. The molecule has 2 N–H and O–H groups in total. The molecule has 0 fully saturated rings. The average molecular weight is 289 g/mol. The molecule has 0 heterocycles. The zero-order valence-electron chi connectivity index (χ0n) is 12.7. The molecule has 0 aliphatic heterocycles. The molecule has 1 aromatic carbocycles. The summed E-state index contributed by atoms with van der Waals surface area (Å²) in [5, 5.41) is 17.4. The molecule has 4 nitrogen and oxygen atoms in total. The van der Waals surface area contributed by atoms with Crippen molar-refractivity contribution in [1.82, 2.24) is 4.90 Å². The molecule has 4 heteroatoms. The number of aryl methyl sites for hydroxylation is 1. The van der Waals surface area contributed by atoms with E-state index in [1.165, 1.54) is 0 Å². The van der Waals surface area contributed by atoms with Gasteiger partial charge in [-0.1, -0.05) is 11.8 Å². The van der Waals surface area contributed by atoms with Crippen molar-refractivity contribution in [2.24, 2.45) is 0 Å². The lowest BCUT2D eigenvalue weighted by atomic mass is 10.0. The Bertz CT molecular complexity index is 529. The van der Waals surface area contributed by atoms with Gasteiger partial charge in [-0.2, -0.15) is 0 Å². The Labute approximate surface area is 126 Å². The van der Waals surface area contributed by atoms with Crippen LogP contribution < -0.4 is 0 Å². The summed E-state index contributed by atoms with van der Waals surface area (Å²) in [5.41, 5.74) is 2.40. The zero-order chi connectivity index (χ0) is 15.7. The molecule has 0 aromatic heterocycles. The number of nitrogens with zero attached hydrogens (tertiary/aromatic N) is 1. The molecule has 1 rings (SSSR count). The topological polar surface area (TPSA) is 60.8 Å². The average Bonchev–Trinajstić information content (AvgIpc) is 2.49. The quantitative estimate of drug-likeness (QED) is 0.617. The van der Waals surface area contributed by atoms with Gasteiger partial charge in [-0.25, -0.2) is 0 Å². The van der Waals surface area contributed by atoms with Crippen molar-refractivity contribution in [2.45, 2.75) is 26.2 Å². The highest BCUT2D eigenvalue weighted by atomic mass is 16.3. The van der Waals surface area contributed by atoms with Gasteiger partial charge in [0.05, 0.1) is 0 Å². The first-order valence-corrected chi connectivity index (χ1v) is 7.17. The maximum atomic E-state index is 12.3. The number of amides is 1. The van der Waals surface area contributed by atoms with Crippen LogP contribution in [0.3, 0.4) is 0 Å². The van der Waals surface area contributed by atoms with Crippen molar-refractivity contribution in [2.75, 3.05) is 26.8 Å². The monoisotopic (exact) mass is 289 g/mol. The van der Waals surface area contributed by atoms with E-state index in [0.717, 1.165) is 30.4 Å². The molecule has 21 heavy (non-hydrogen) atoms. The third-order valence-corrected chi connectivity index (χ3v) is 3.27. The van der Waals surface area contributed by atoms with Crippen LogP contribution >= 0.6 is 0 Å². The molecule has 0 radical (unpaired) electrons. The summed E-state index contributed by atoms with van der Waals surface area (Å²) in [4.78, 5) is 14.0. The first kappa shape index (κ1) is 17.2. The van der Waals surface area contributed by atoms with Gasteiger partial charge in [-0.3, -0.25) is 4.79 Å². The number of carbonyl (C=O) groups is 1. The van der Waals surface area contributed by atoms with Crippen LogP contribution in [0.25, 0.3) is 0 Å². The van der Waals surface area contributed by atoms with Gasteiger partial charge >= 0.3 is 0 Å². The van der Waals surface area contributed by atoms with Gasteiger partial charge in [-0.15, -0.1) is 0 Å². The second-order valence-corrected chi connectivity index (χ2v) is 5.00. The molecule has 0 unspecified atom stereocenters. The van der Waals surface area contributed by atoms with E-state index in [1.807, 2.05) is 19.1 Å². The van der Waals surface area contributed by atoms with E-state index in [9.17, 15) is 4.79 Å². The Kier molecular flexibility index (Phi) is 7.52. The fraction of sp³-hybridized carbons (Fsp3) is 0.471. The van der Waals surface area contributed by atoms with Gasteiger partial charge in [0, 0.05) is 31.3 Å². The second-order valence-electron chi connectivity index (χ2n) is 5.00. The van der Waals surface area contributed by atoms with Crippen molar-refractivity contribution in [3.63, 3.8) is 0 Å². The van der Waals surface area contributed by atoms with E-state index in [1.54, 1.807) is 18.0 Å². The van der Waals surface area contributed by atoms with E-state index in [2.05, 4.69) is 11.8 Å². The highest BCUT2D eigenvalue weighted by molar-refractivity contribution is 5.94. The lowest BCUT2D eigenvalue weighted by Crippen LogP contribution is -2.27. The normalized spacial score (nSPS) is 9.90. The van der Waals surface area contributed by atoms with Gasteiger partial charge in [0.1, 0.15) is 6.61 Å². The van der Waals surface area contributed by atoms with Crippen LogP contribution in [0.15, 0.2) is 18.2 Å². The van der Waals surface area contributed by atoms with Crippen molar-refractivity contribution in [1.29, 1.82) is 0 Å². The highest BCUT2D eigenvalue weighted by Gasteiger charge is 2.12. The fourth-order valence-electron chi connectivity index (χ4n) is 2.03. The fourth-order valence-corrected chi connectivity index (χ4v) is 2.03. The summed E-state index contributed by atoms with van der Waals surface area (Å²) in [7, 11) is 1.79. The van der Waals surface area contributed by atoms with Crippen LogP contribution in [0, 0.1) is 18.8 Å². The maximum Gasteiger partial charge on any atom is 0.253 e. The minimum atomic E-state index is -0.170. The van der Waals surface area contributed by atoms with Crippen LogP contribution in [0.1, 0.15) is 40.7 Å². The number of carbonyl (C=O) groups excluding carboxylic acids is 1. The number of rotatable bonds is 6. The Hall–Kier alpha value is -1.83. The summed E-state index contributed by atoms with van der Waals surface area (Å²) in [6.07, 6.45) is 2.59. The van der Waals surface area contributed by atoms with E-state index in [-0.39, 0.29) is 19.1 Å². The van der Waals surface area contributed by atoms with Gasteiger partial charge in [0.15, 0.2) is 0 Å². The molecular formula is C17H23NO3. The summed E-state index contributed by atoms with van der Waals surface area (Å²) < 4.78 is 0. The summed E-state index contributed by atoms with van der Waals surface area (Å²) in [6.45, 7) is 2.62. The summed E-state index contributed by atoms with van der Waals surface area (Å²) >= 11 is 0. The predicted molar refractivity (Wildman–Crippen MR) is 83.0 cm³/mol. The molecule has 0 spiro atoms. The standard InChI is InChI=1S/C17H23NO3/c1-14-13-16(9-8-15(14)7-6-12-20)17(21)18(2)10-4-3-5-11-19/h8-9,13,19-20H,3-5,10-12H2,1-2H3. The number of unbranched alkanes of at least 4 members (excludes halogenated alkanes) is 2. The maximum absolute atomic E-state index is 12.3. The van der Waals surface area contributed by atoms with Crippen LogP contribution in [-0.4, -0.2) is 47.8 Å². The minimum absolute atomic E-state index is 0.0104. The molecule has 0 bridgehead atoms. The first-order chi connectivity index (χ1) is 10.1. The summed E-state index contributed by atoms with van der Waals surface area (Å²) in [5.74, 6) is 5.45. The number of aliphatic hydroxyl groups excluding tert-OH is 2. The predicted octanol–water partition coefficient (Wildman–Crippen LogP) is 1.57. The lowest BCUT2D eigenvalue weighted by Gasteiger charge is -2.17. The van der Waals surface area contributed by atoms with Crippen molar-refractivity contribution in [3.05, 3.63) is 34.9 Å². The molecule has 0 saturated heterocycles. The Balaban J connectivity index is 2.67. The lowest BCUT2D eigenvalue weighted by molar-refractivity contribution is 0.0792. The molecule has 1 aromatic rings. The van der Waals surface area contributed by atoms with E-state index < -0.39 is 0 Å². The van der Waals surface area contributed by atoms with Crippen LogP contribution in [0.4, 0.5) is 0 Å². The molecular weight excluding hydrogens is 266 g/mol. The first-order valence-electron chi connectivity index (χ1n) is 7.17. The number of aliphatic hydroxyl groups is 2. The third-order valence-electron chi connectivity index (χ3n) is 3.27. The molecule has 0 atom stereocenters. The smallest absolute Gasteiger partial charge is 0.253 e. The highest BCUT2D eigenvalue weighted by Crippen LogP contribution is 2.12. The van der Waals surface area contributed by atoms with Crippen LogP contribution in [0.5, 0.6) is 0 Å². The van der Waals surface area contributed by atoms with E-state index in [4.69, 9.17) is 10.2 Å². The van der Waals surface area contributed by atoms with Crippen molar-refractivity contribution in [3.8, 4) is 11.8 Å². The molecule has 114 valence electrons. The summed E-state index contributed by atoms with van der Waals surface area (Å²) in [6, 6.07) is 5.40. The Morgan fingerprint density at radius 2 is 2.00 bits per heavy atom. The second kappa shape index (κ2) is 9.17. The van der Waals surface area contributed by atoms with Gasteiger partial charge in [-0.05, 0) is 49.9 Å². The van der Waals surface area contributed by atoms with Crippen LogP contribution in [-0.2, 0) is 0 Å². The number of benzene rings is 1. The van der Waals surface area contributed by atoms with Crippen molar-refractivity contribution >= 4 is 5.91 Å². The zero-order valence-corrected chi connectivity index (χ0v) is 12.7. The SMILES string of the molecule is Cc1cc(C(=O)N(C)CCCCCO)ccc1C#CCO. The Morgan fingerprint density at radius 1 is 1.24 bits per heavy atom. The van der Waals surface area contributed by atoms with Gasteiger partial charge in [0.2, 0.25) is 0 Å². The van der Waals surface area contributed by atoms with Gasteiger partial charge < -0.3 is 15.1 Å². The largest absolute Gasteiger partial charge is 0.396 e. The molecule has 0 aliphatic carbocycles. The van der Waals surface area contributed by atoms with Crippen LogP contribution in [0.2, 0.25) is 0 Å². The molecule has 0 saturated carbocycles. The minimum Gasteiger partial charge on any atom is -0.396 e. The van der Waals surface area contributed by atoms with E-state index in [0.29, 0.717) is 12.1 Å². The number of hydrogen-bond acceptors (Lipinski definition) is 3. The molecule has 0 aliphatic rings. The Morgan fingerprint density at radius 3 is 2.62 bits per heavy atom. The van der Waals surface area contributed by atoms with Crippen molar-refractivity contribution < 1.29 is 15.0 Å². The van der Waals surface area contributed by atoms with Gasteiger partial charge in [0.25, 0.3) is 5.91 Å². The third kappa shape index (κ3) is 5.58. The molecule has 1 amide bonds.